The molecule has 0 aromatic heterocycles. The summed E-state index contributed by atoms with van der Waals surface area (Å²) in [7, 11) is 0. The van der Waals surface area contributed by atoms with E-state index < -0.39 is 22.6 Å². The van der Waals surface area contributed by atoms with Crippen molar-refractivity contribution in [3.05, 3.63) is 0 Å². The fourth-order valence-corrected chi connectivity index (χ4v) is 2.89. The van der Waals surface area contributed by atoms with Crippen LogP contribution in [0, 0.1) is 0 Å². The van der Waals surface area contributed by atoms with Gasteiger partial charge in [-0.25, -0.2) is 0 Å². The molecule has 0 aliphatic rings. The van der Waals surface area contributed by atoms with Gasteiger partial charge in [0.15, 0.2) is 0 Å². The molecule has 108 valence electrons. The van der Waals surface area contributed by atoms with Crippen LogP contribution in [0.1, 0.15) is 84.0 Å². The molecule has 0 atom stereocenters. The van der Waals surface area contributed by atoms with Gasteiger partial charge in [-0.15, -0.1) is 0 Å². The van der Waals surface area contributed by atoms with Crippen molar-refractivity contribution in [2.24, 2.45) is 0 Å². The first kappa shape index (κ1) is 18.6. The van der Waals surface area contributed by atoms with Gasteiger partial charge in [-0.1, -0.05) is 19.8 Å². The average molecular weight is 338 g/mol. The second-order valence-electron chi connectivity index (χ2n) is 5.00. The summed E-state index contributed by atoms with van der Waals surface area (Å²) >= 11 is -3.49. The Hall–Kier alpha value is 0.603. The van der Waals surface area contributed by atoms with Crippen LogP contribution in [0.5, 0.6) is 0 Å². The first-order valence-corrected chi connectivity index (χ1v) is 10.7. The van der Waals surface area contributed by atoms with Gasteiger partial charge in [0.1, 0.15) is 0 Å². The minimum atomic E-state index is -3.49. The maximum atomic E-state index is 10.4. The van der Waals surface area contributed by atoms with Crippen LogP contribution in [-0.4, -0.2) is 9.79 Å². The van der Waals surface area contributed by atoms with E-state index in [0.717, 1.165) is 12.8 Å². The van der Waals surface area contributed by atoms with E-state index in [1.165, 1.54) is 64.2 Å². The van der Waals surface area contributed by atoms with Crippen molar-refractivity contribution in [3.8, 4) is 0 Å². The third-order valence-corrected chi connectivity index (χ3v) is 4.33. The predicted molar refractivity (Wildman–Crippen MR) is 69.9 cm³/mol. The van der Waals surface area contributed by atoms with Crippen molar-refractivity contribution in [1.29, 1.82) is 0 Å². The van der Waals surface area contributed by atoms with Gasteiger partial charge in [-0.2, -0.15) is 0 Å². The Morgan fingerprint density at radius 1 is 0.778 bits per heavy atom. The molecule has 0 saturated carbocycles. The molecule has 1 N–H and O–H groups in total. The fourth-order valence-electron chi connectivity index (χ4n) is 2.10. The molecule has 0 amide bonds. The number of rotatable bonds is 14. The van der Waals surface area contributed by atoms with Crippen molar-refractivity contribution in [1.82, 2.24) is 0 Å². The molecule has 0 saturated heterocycles. The molecule has 0 aliphatic carbocycles. The summed E-state index contributed by atoms with van der Waals surface area (Å²) in [5, 5.41) is 0. The molecule has 0 spiro atoms. The van der Waals surface area contributed by atoms with E-state index in [1.807, 2.05) is 0 Å². The van der Waals surface area contributed by atoms with E-state index in [4.69, 9.17) is 6.00 Å². The van der Waals surface area contributed by atoms with Gasteiger partial charge in [0.25, 0.3) is 0 Å². The molecular weight excluding hydrogens is 307 g/mol. The zero-order valence-corrected chi connectivity index (χ0v) is 14.4. The molecule has 0 aromatic carbocycles. The molecule has 4 heteroatoms. The van der Waals surface area contributed by atoms with E-state index in [2.05, 4.69) is 6.92 Å². The summed E-state index contributed by atoms with van der Waals surface area (Å²) in [4.78, 5) is 0. The molecule has 0 bridgehead atoms. The topological polar surface area (TPSA) is 46.5 Å². The average Bonchev–Trinajstić information content (AvgIpc) is 2.34. The molecule has 0 radical (unpaired) electrons. The quantitative estimate of drug-likeness (QED) is 0.475. The molecule has 0 aromatic rings. The van der Waals surface area contributed by atoms with Crippen molar-refractivity contribution in [3.63, 3.8) is 0 Å². The van der Waals surface area contributed by atoms with Gasteiger partial charge < -0.3 is 0 Å². The van der Waals surface area contributed by atoms with Crippen LogP contribution in [-0.2, 0) is 28.3 Å². The molecule has 0 heterocycles. The van der Waals surface area contributed by atoms with Gasteiger partial charge in [-0.05, 0) is 0 Å². The Labute approximate surface area is 122 Å². The van der Waals surface area contributed by atoms with Crippen molar-refractivity contribution in [2.45, 2.75) is 84.0 Å². The minimum absolute atomic E-state index is 0.478. The third kappa shape index (κ3) is 16.6. The summed E-state index contributed by atoms with van der Waals surface area (Å²) in [6.07, 6.45) is 15.7. The zero-order valence-electron chi connectivity index (χ0n) is 12.0. The molecule has 0 unspecified atom stereocenters. The molecule has 0 fully saturated rings. The van der Waals surface area contributed by atoms with Crippen molar-refractivity contribution in [2.75, 3.05) is 6.61 Å². The first-order chi connectivity index (χ1) is 8.77. The van der Waals surface area contributed by atoms with Crippen molar-refractivity contribution >= 4 is 0 Å². The summed E-state index contributed by atoms with van der Waals surface area (Å²) in [6, 6.07) is 0. The summed E-state index contributed by atoms with van der Waals surface area (Å²) < 4.78 is 23.6. The van der Waals surface area contributed by atoms with Crippen LogP contribution in [0.25, 0.3) is 0 Å². The van der Waals surface area contributed by atoms with E-state index in [0.29, 0.717) is 6.61 Å². The predicted octanol–water partition coefficient (Wildman–Crippen LogP) is 4.49. The Balaban J connectivity index is 2.92. The van der Waals surface area contributed by atoms with E-state index in [9.17, 15) is 2.81 Å². The standard InChI is InChI=1S/C14H29O.H2O.O.Zr/c1-2-3-4-5-6-7-8-9-10-11-12-13-14-15;;;/h2-14H2,1H3;1H2;;/q-1;;;+2/p-1. The van der Waals surface area contributed by atoms with E-state index >= 15 is 0 Å². The van der Waals surface area contributed by atoms with Gasteiger partial charge in [0.2, 0.25) is 0 Å². The van der Waals surface area contributed by atoms with Crippen molar-refractivity contribution < 1.29 is 31.4 Å². The van der Waals surface area contributed by atoms with E-state index in [1.54, 1.807) is 0 Å². The Morgan fingerprint density at radius 3 is 1.56 bits per heavy atom. The van der Waals surface area contributed by atoms with Crippen LogP contribution in [0.2, 0.25) is 0 Å². The third-order valence-electron chi connectivity index (χ3n) is 3.22. The van der Waals surface area contributed by atoms with Crippen LogP contribution < -0.4 is 0 Å². The van der Waals surface area contributed by atoms with E-state index in [-0.39, 0.29) is 0 Å². The van der Waals surface area contributed by atoms with Gasteiger partial charge >= 0.3 is 102 Å². The Morgan fingerprint density at radius 2 is 1.17 bits per heavy atom. The van der Waals surface area contributed by atoms with Gasteiger partial charge in [0, 0.05) is 0 Å². The van der Waals surface area contributed by atoms with Crippen LogP contribution >= 0.6 is 0 Å². The molecule has 0 rings (SSSR count). The Bertz CT molecular complexity index is 186. The number of hydrogen-bond acceptors (Lipinski definition) is 2. The summed E-state index contributed by atoms with van der Waals surface area (Å²) in [5.41, 5.74) is 0. The monoisotopic (exact) mass is 336 g/mol. The second-order valence-corrected chi connectivity index (χ2v) is 7.02. The molecule has 3 nitrogen and oxygen atoms in total. The van der Waals surface area contributed by atoms with Crippen LogP contribution in [0.15, 0.2) is 0 Å². The first-order valence-electron chi connectivity index (χ1n) is 7.63. The zero-order chi connectivity index (χ0) is 13.5. The van der Waals surface area contributed by atoms with Gasteiger partial charge in [-0.3, -0.25) is 0 Å². The van der Waals surface area contributed by atoms with Crippen LogP contribution in [0.4, 0.5) is 0 Å². The second kappa shape index (κ2) is 15.7. The Kier molecular flexibility index (Phi) is 16.2. The summed E-state index contributed by atoms with van der Waals surface area (Å²) in [6.45, 7) is 2.73. The normalized spacial score (nSPS) is 10.8. The van der Waals surface area contributed by atoms with Crippen LogP contribution in [0.3, 0.4) is 0 Å². The SMILES string of the molecule is CCCCCCCCCCCCCC[O][Zr](=[O])[OH]. The molecule has 18 heavy (non-hydrogen) atoms. The number of hydrogen-bond donors (Lipinski definition) is 1. The maximum absolute atomic E-state index is 10.4. The molecule has 0 aliphatic heterocycles. The fraction of sp³-hybridized carbons (Fsp3) is 1.00. The number of unbranched alkanes of at least 4 members (excludes halogenated alkanes) is 11. The summed E-state index contributed by atoms with van der Waals surface area (Å²) in [5.74, 6) is 0. The molecular formula is C14H30O3Zr. The van der Waals surface area contributed by atoms with Gasteiger partial charge in [0.05, 0.1) is 0 Å².